The van der Waals surface area contributed by atoms with Crippen molar-refractivity contribution in [2.75, 3.05) is 24.7 Å². The number of piperidine rings is 1. The van der Waals surface area contributed by atoms with Crippen molar-refractivity contribution in [2.45, 2.75) is 24.7 Å². The number of aliphatic carboxylic acids is 1. The fraction of sp³-hybridized carbons (Fsp3) is 0.467. The number of benzene rings is 1. The Kier molecular flexibility index (Phi) is 5.12. The van der Waals surface area contributed by atoms with E-state index in [1.807, 2.05) is 31.4 Å². The summed E-state index contributed by atoms with van der Waals surface area (Å²) in [4.78, 5) is 26.0. The van der Waals surface area contributed by atoms with Crippen molar-refractivity contribution in [2.24, 2.45) is 5.92 Å². The Morgan fingerprint density at radius 1 is 1.33 bits per heavy atom. The van der Waals surface area contributed by atoms with E-state index in [-0.39, 0.29) is 11.9 Å². The number of hydrogen-bond donors (Lipinski definition) is 2. The first-order chi connectivity index (χ1) is 10.0. The van der Waals surface area contributed by atoms with Crippen LogP contribution in [0.4, 0.5) is 10.5 Å². The zero-order valence-electron chi connectivity index (χ0n) is 12.3. The van der Waals surface area contributed by atoms with Gasteiger partial charge in [0, 0.05) is 23.7 Å². The molecule has 114 valence electrons. The Morgan fingerprint density at radius 2 is 2.00 bits per heavy atom. The monoisotopic (exact) mass is 308 g/mol. The van der Waals surface area contributed by atoms with Crippen LogP contribution in [0, 0.1) is 12.8 Å². The Balaban J connectivity index is 1.98. The summed E-state index contributed by atoms with van der Waals surface area (Å²) in [6.45, 7) is 2.96. The molecule has 0 spiro atoms. The van der Waals surface area contributed by atoms with Crippen LogP contribution in [0.25, 0.3) is 0 Å². The first-order valence-corrected chi connectivity index (χ1v) is 8.17. The second kappa shape index (κ2) is 6.85. The minimum Gasteiger partial charge on any atom is -0.481 e. The number of likely N-dealkylation sites (tertiary alicyclic amines) is 1. The number of carbonyl (C=O) groups excluding carboxylic acids is 1. The molecule has 5 nitrogen and oxygen atoms in total. The number of amides is 2. The number of anilines is 1. The van der Waals surface area contributed by atoms with Crippen molar-refractivity contribution in [1.82, 2.24) is 4.90 Å². The van der Waals surface area contributed by atoms with Gasteiger partial charge in [0.05, 0.1) is 5.92 Å². The van der Waals surface area contributed by atoms with E-state index in [0.29, 0.717) is 25.9 Å². The molecule has 2 N–H and O–H groups in total. The molecule has 2 rings (SSSR count). The van der Waals surface area contributed by atoms with Gasteiger partial charge in [-0.25, -0.2) is 4.79 Å². The van der Waals surface area contributed by atoms with Crippen LogP contribution in [-0.2, 0) is 4.79 Å². The van der Waals surface area contributed by atoms with E-state index >= 15 is 0 Å². The number of nitrogens with zero attached hydrogens (tertiary/aromatic N) is 1. The van der Waals surface area contributed by atoms with E-state index in [9.17, 15) is 9.59 Å². The molecule has 1 heterocycles. The average molecular weight is 308 g/mol. The van der Waals surface area contributed by atoms with Gasteiger partial charge < -0.3 is 15.3 Å². The number of carboxylic acids is 1. The highest BCUT2D eigenvalue weighted by atomic mass is 32.2. The lowest BCUT2D eigenvalue weighted by Gasteiger charge is -2.30. The van der Waals surface area contributed by atoms with Gasteiger partial charge in [-0.3, -0.25) is 4.79 Å². The molecule has 21 heavy (non-hydrogen) atoms. The van der Waals surface area contributed by atoms with Crippen molar-refractivity contribution in [3.63, 3.8) is 0 Å². The predicted molar refractivity (Wildman–Crippen MR) is 83.9 cm³/mol. The fourth-order valence-corrected chi connectivity index (χ4v) is 3.13. The van der Waals surface area contributed by atoms with E-state index in [1.54, 1.807) is 16.7 Å². The van der Waals surface area contributed by atoms with Gasteiger partial charge in [-0.1, -0.05) is 6.07 Å². The number of carboxylic acid groups (broad SMARTS) is 1. The Morgan fingerprint density at radius 3 is 2.57 bits per heavy atom. The molecule has 1 fully saturated rings. The lowest BCUT2D eigenvalue weighted by Crippen LogP contribution is -2.42. The lowest BCUT2D eigenvalue weighted by atomic mass is 9.97. The molecule has 0 radical (unpaired) electrons. The van der Waals surface area contributed by atoms with Gasteiger partial charge in [-0.05, 0) is 43.7 Å². The first-order valence-electron chi connectivity index (χ1n) is 6.95. The summed E-state index contributed by atoms with van der Waals surface area (Å²) < 4.78 is 0. The number of thioether (sulfide) groups is 1. The van der Waals surface area contributed by atoms with Crippen LogP contribution >= 0.6 is 11.8 Å². The van der Waals surface area contributed by atoms with E-state index in [0.717, 1.165) is 16.1 Å². The zero-order valence-corrected chi connectivity index (χ0v) is 13.1. The quantitative estimate of drug-likeness (QED) is 0.842. The third-order valence-electron chi connectivity index (χ3n) is 3.88. The van der Waals surface area contributed by atoms with Crippen molar-refractivity contribution in [1.29, 1.82) is 0 Å². The van der Waals surface area contributed by atoms with Crippen molar-refractivity contribution >= 4 is 29.4 Å². The molecule has 1 saturated heterocycles. The molecule has 1 aromatic rings. The normalized spacial score (nSPS) is 15.8. The summed E-state index contributed by atoms with van der Waals surface area (Å²) in [5.41, 5.74) is 1.87. The van der Waals surface area contributed by atoms with Gasteiger partial charge >= 0.3 is 12.0 Å². The number of rotatable bonds is 3. The number of hydrogen-bond acceptors (Lipinski definition) is 3. The molecule has 0 bridgehead atoms. The maximum absolute atomic E-state index is 12.3. The summed E-state index contributed by atoms with van der Waals surface area (Å²) in [6, 6.07) is 5.68. The molecule has 6 heteroatoms. The highest BCUT2D eigenvalue weighted by Gasteiger charge is 2.27. The van der Waals surface area contributed by atoms with Crippen molar-refractivity contribution in [3.05, 3.63) is 23.8 Å². The molecule has 1 aliphatic rings. The maximum atomic E-state index is 12.3. The summed E-state index contributed by atoms with van der Waals surface area (Å²) >= 11 is 1.65. The first kappa shape index (κ1) is 15.7. The molecule has 0 aromatic heterocycles. The lowest BCUT2D eigenvalue weighted by molar-refractivity contribution is -0.143. The summed E-state index contributed by atoms with van der Waals surface area (Å²) in [5, 5.41) is 11.9. The van der Waals surface area contributed by atoms with Gasteiger partial charge in [-0.2, -0.15) is 0 Å². The SMILES string of the molecule is CSc1cccc(NC(=O)N2CCC(C(=O)O)CC2)c1C. The van der Waals surface area contributed by atoms with Gasteiger partial charge in [0.2, 0.25) is 0 Å². The van der Waals surface area contributed by atoms with Crippen LogP contribution < -0.4 is 5.32 Å². The third-order valence-corrected chi connectivity index (χ3v) is 4.76. The van der Waals surface area contributed by atoms with Crippen LogP contribution in [0.3, 0.4) is 0 Å². The second-order valence-electron chi connectivity index (χ2n) is 5.16. The van der Waals surface area contributed by atoms with Gasteiger partial charge in [0.1, 0.15) is 0 Å². The van der Waals surface area contributed by atoms with Crippen LogP contribution in [0.2, 0.25) is 0 Å². The van der Waals surface area contributed by atoms with Crippen molar-refractivity contribution < 1.29 is 14.7 Å². The molecule has 1 aliphatic heterocycles. The largest absolute Gasteiger partial charge is 0.481 e. The van der Waals surface area contributed by atoms with Crippen LogP contribution in [-0.4, -0.2) is 41.4 Å². The zero-order chi connectivity index (χ0) is 15.4. The molecule has 2 amide bonds. The molecule has 0 saturated carbocycles. The Bertz CT molecular complexity index is 540. The maximum Gasteiger partial charge on any atom is 0.321 e. The molecular formula is C15H20N2O3S. The molecule has 0 atom stereocenters. The van der Waals surface area contributed by atoms with Gasteiger partial charge in [0.15, 0.2) is 0 Å². The highest BCUT2D eigenvalue weighted by Crippen LogP contribution is 2.26. The minimum atomic E-state index is -0.765. The Hall–Kier alpha value is -1.69. The number of carbonyl (C=O) groups is 2. The number of nitrogens with one attached hydrogen (secondary N) is 1. The van der Waals surface area contributed by atoms with Crippen molar-refractivity contribution in [3.8, 4) is 0 Å². The highest BCUT2D eigenvalue weighted by molar-refractivity contribution is 7.98. The van der Waals surface area contributed by atoms with Crippen LogP contribution in [0.5, 0.6) is 0 Å². The molecule has 0 aliphatic carbocycles. The molecule has 0 unspecified atom stereocenters. The third kappa shape index (κ3) is 3.69. The summed E-state index contributed by atoms with van der Waals surface area (Å²) in [6.07, 6.45) is 3.05. The van der Waals surface area contributed by atoms with E-state index in [4.69, 9.17) is 5.11 Å². The molecular weight excluding hydrogens is 288 g/mol. The predicted octanol–water partition coefficient (Wildman–Crippen LogP) is 3.05. The minimum absolute atomic E-state index is 0.153. The van der Waals surface area contributed by atoms with Gasteiger partial charge in [0.25, 0.3) is 0 Å². The van der Waals surface area contributed by atoms with Gasteiger partial charge in [-0.15, -0.1) is 11.8 Å². The number of urea groups is 1. The fourth-order valence-electron chi connectivity index (χ4n) is 2.49. The topological polar surface area (TPSA) is 69.6 Å². The Labute approximate surface area is 128 Å². The summed E-state index contributed by atoms with van der Waals surface area (Å²) in [7, 11) is 0. The summed E-state index contributed by atoms with van der Waals surface area (Å²) in [5.74, 6) is -1.09. The van der Waals surface area contributed by atoms with Crippen LogP contribution in [0.1, 0.15) is 18.4 Å². The molecule has 1 aromatic carbocycles. The second-order valence-corrected chi connectivity index (χ2v) is 6.01. The standard InChI is InChI=1S/C15H20N2O3S/c1-10-12(4-3-5-13(10)21-2)16-15(20)17-8-6-11(7-9-17)14(18)19/h3-5,11H,6-9H2,1-2H3,(H,16,20)(H,18,19). The van der Waals surface area contributed by atoms with E-state index in [2.05, 4.69) is 5.32 Å². The van der Waals surface area contributed by atoms with E-state index in [1.165, 1.54) is 0 Å². The van der Waals surface area contributed by atoms with Crippen LogP contribution in [0.15, 0.2) is 23.1 Å². The average Bonchev–Trinajstić information content (AvgIpc) is 2.49. The smallest absolute Gasteiger partial charge is 0.321 e. The van der Waals surface area contributed by atoms with E-state index < -0.39 is 5.97 Å².